The van der Waals surface area contributed by atoms with Gasteiger partial charge in [-0.3, -0.25) is 9.48 Å². The molecule has 0 saturated heterocycles. The zero-order chi connectivity index (χ0) is 19.2. The van der Waals surface area contributed by atoms with Gasteiger partial charge < -0.3 is 4.90 Å². The molecule has 27 heavy (non-hydrogen) atoms. The number of hydrogen-bond acceptors (Lipinski definition) is 3. The van der Waals surface area contributed by atoms with Crippen LogP contribution in [0.25, 0.3) is 5.69 Å². The van der Waals surface area contributed by atoms with Gasteiger partial charge in [-0.15, -0.1) is 0 Å². The number of aromatic nitrogens is 4. The third kappa shape index (κ3) is 3.05. The van der Waals surface area contributed by atoms with Gasteiger partial charge in [-0.2, -0.15) is 10.2 Å². The summed E-state index contributed by atoms with van der Waals surface area (Å²) >= 11 is 0. The van der Waals surface area contributed by atoms with Crippen LogP contribution in [0.4, 0.5) is 0 Å². The second-order valence-corrected chi connectivity index (χ2v) is 8.07. The molecule has 0 atom stereocenters. The minimum atomic E-state index is -0.0484. The molecule has 140 valence electrons. The predicted molar refractivity (Wildman–Crippen MR) is 104 cm³/mol. The van der Waals surface area contributed by atoms with Crippen LogP contribution in [-0.4, -0.2) is 36.9 Å². The quantitative estimate of drug-likeness (QED) is 0.702. The van der Waals surface area contributed by atoms with Gasteiger partial charge in [0.2, 0.25) is 0 Å². The van der Waals surface area contributed by atoms with Crippen LogP contribution in [0.3, 0.4) is 0 Å². The van der Waals surface area contributed by atoms with Crippen molar-refractivity contribution >= 4 is 5.91 Å². The number of benzene rings is 1. The van der Waals surface area contributed by atoms with Crippen LogP contribution in [0.15, 0.2) is 42.7 Å². The molecule has 0 aliphatic carbocycles. The highest BCUT2D eigenvalue weighted by molar-refractivity contribution is 5.95. The first-order valence-corrected chi connectivity index (χ1v) is 9.32. The van der Waals surface area contributed by atoms with E-state index in [-0.39, 0.29) is 11.4 Å². The molecule has 0 fully saturated rings. The molecule has 6 nitrogen and oxygen atoms in total. The van der Waals surface area contributed by atoms with Crippen molar-refractivity contribution in [1.82, 2.24) is 24.5 Å². The van der Waals surface area contributed by atoms with Gasteiger partial charge in [0.25, 0.3) is 5.91 Å². The predicted octanol–water partition coefficient (Wildman–Crippen LogP) is 3.33. The van der Waals surface area contributed by atoms with Crippen LogP contribution in [0.5, 0.6) is 0 Å². The van der Waals surface area contributed by atoms with E-state index >= 15 is 0 Å². The van der Waals surface area contributed by atoms with Crippen molar-refractivity contribution in [3.05, 3.63) is 65.2 Å². The highest BCUT2D eigenvalue weighted by Crippen LogP contribution is 2.26. The Morgan fingerprint density at radius 2 is 1.81 bits per heavy atom. The standard InChI is InChI=1S/C21H25N5O/c1-15-18(13-22-25(15)17-8-6-5-7-9-17)20(27)24-11-10-19-16(14-24)12-23-26(19)21(2,3)4/h5-9,12-13H,10-11,14H2,1-4H3. The first-order valence-electron chi connectivity index (χ1n) is 9.32. The van der Waals surface area contributed by atoms with Gasteiger partial charge in [0.15, 0.2) is 0 Å². The number of fused-ring (bicyclic) bond motifs is 1. The molecule has 0 unspecified atom stereocenters. The van der Waals surface area contributed by atoms with Gasteiger partial charge in [-0.1, -0.05) is 18.2 Å². The normalized spacial score (nSPS) is 14.3. The molecule has 1 amide bonds. The van der Waals surface area contributed by atoms with Crippen molar-refractivity contribution < 1.29 is 4.79 Å². The summed E-state index contributed by atoms with van der Waals surface area (Å²) in [6.45, 7) is 9.70. The second-order valence-electron chi connectivity index (χ2n) is 8.07. The molecule has 1 aromatic carbocycles. The average Bonchev–Trinajstić information content (AvgIpc) is 3.24. The van der Waals surface area contributed by atoms with E-state index in [2.05, 4.69) is 35.7 Å². The third-order valence-corrected chi connectivity index (χ3v) is 5.10. The van der Waals surface area contributed by atoms with Crippen molar-refractivity contribution in [1.29, 1.82) is 0 Å². The minimum Gasteiger partial charge on any atom is -0.334 e. The van der Waals surface area contributed by atoms with E-state index in [1.807, 2.05) is 53.0 Å². The maximum atomic E-state index is 13.1. The number of nitrogens with zero attached hydrogens (tertiary/aromatic N) is 5. The largest absolute Gasteiger partial charge is 0.334 e. The lowest BCUT2D eigenvalue weighted by Crippen LogP contribution is -2.37. The van der Waals surface area contributed by atoms with E-state index in [4.69, 9.17) is 0 Å². The maximum absolute atomic E-state index is 13.1. The summed E-state index contributed by atoms with van der Waals surface area (Å²) in [5.41, 5.74) is 4.81. The van der Waals surface area contributed by atoms with Crippen molar-refractivity contribution in [2.24, 2.45) is 0 Å². The Morgan fingerprint density at radius 3 is 2.52 bits per heavy atom. The molecule has 1 aliphatic rings. The topological polar surface area (TPSA) is 56.0 Å². The van der Waals surface area contributed by atoms with Crippen LogP contribution >= 0.6 is 0 Å². The lowest BCUT2D eigenvalue weighted by molar-refractivity contribution is 0.0731. The van der Waals surface area contributed by atoms with E-state index in [9.17, 15) is 4.79 Å². The average molecular weight is 363 g/mol. The Labute approximate surface area is 159 Å². The summed E-state index contributed by atoms with van der Waals surface area (Å²) in [6, 6.07) is 9.88. The molecule has 3 heterocycles. The van der Waals surface area contributed by atoms with Gasteiger partial charge in [-0.25, -0.2) is 4.68 Å². The highest BCUT2D eigenvalue weighted by Gasteiger charge is 2.29. The van der Waals surface area contributed by atoms with Crippen LogP contribution < -0.4 is 0 Å². The Hall–Kier alpha value is -2.89. The second kappa shape index (κ2) is 6.37. The molecule has 0 spiro atoms. The summed E-state index contributed by atoms with van der Waals surface area (Å²) in [4.78, 5) is 15.0. The zero-order valence-electron chi connectivity index (χ0n) is 16.3. The summed E-state index contributed by atoms with van der Waals surface area (Å²) in [5, 5.41) is 8.99. The van der Waals surface area contributed by atoms with E-state index in [0.717, 1.165) is 23.4 Å². The molecule has 6 heteroatoms. The first kappa shape index (κ1) is 17.5. The molecule has 0 saturated carbocycles. The molecule has 1 aliphatic heterocycles. The van der Waals surface area contributed by atoms with Crippen molar-refractivity contribution in [3.8, 4) is 5.69 Å². The van der Waals surface area contributed by atoms with E-state index in [0.29, 0.717) is 18.7 Å². The number of para-hydroxylation sites is 1. The summed E-state index contributed by atoms with van der Waals surface area (Å²) in [6.07, 6.45) is 4.41. The maximum Gasteiger partial charge on any atom is 0.257 e. The van der Waals surface area contributed by atoms with Crippen molar-refractivity contribution in [3.63, 3.8) is 0 Å². The number of amides is 1. The Morgan fingerprint density at radius 1 is 1.07 bits per heavy atom. The summed E-state index contributed by atoms with van der Waals surface area (Å²) in [7, 11) is 0. The molecule has 0 radical (unpaired) electrons. The monoisotopic (exact) mass is 363 g/mol. The van der Waals surface area contributed by atoms with Gasteiger partial charge >= 0.3 is 0 Å². The SMILES string of the molecule is Cc1c(C(=O)N2CCc3c(cnn3C(C)(C)C)C2)cnn1-c1ccccc1. The van der Waals surface area contributed by atoms with E-state index in [1.54, 1.807) is 6.20 Å². The van der Waals surface area contributed by atoms with Gasteiger partial charge in [0, 0.05) is 30.8 Å². The number of carbonyl (C=O) groups excluding carboxylic acids is 1. The Bertz CT molecular complexity index is 978. The fourth-order valence-electron chi connectivity index (χ4n) is 3.70. The fraction of sp³-hybridized carbons (Fsp3) is 0.381. The van der Waals surface area contributed by atoms with E-state index < -0.39 is 0 Å². The van der Waals surface area contributed by atoms with Crippen LogP contribution in [0.2, 0.25) is 0 Å². The van der Waals surface area contributed by atoms with Crippen molar-refractivity contribution in [2.75, 3.05) is 6.54 Å². The lowest BCUT2D eigenvalue weighted by Gasteiger charge is -2.30. The fourth-order valence-corrected chi connectivity index (χ4v) is 3.70. The molecule has 2 aromatic heterocycles. The molecular weight excluding hydrogens is 338 g/mol. The van der Waals surface area contributed by atoms with Crippen molar-refractivity contribution in [2.45, 2.75) is 46.2 Å². The third-order valence-electron chi connectivity index (χ3n) is 5.10. The molecule has 0 bridgehead atoms. The van der Waals surface area contributed by atoms with Crippen LogP contribution in [0, 0.1) is 6.92 Å². The van der Waals surface area contributed by atoms with Crippen LogP contribution in [0.1, 0.15) is 48.1 Å². The first-order chi connectivity index (χ1) is 12.9. The molecule has 4 rings (SSSR count). The van der Waals surface area contributed by atoms with E-state index in [1.165, 1.54) is 5.69 Å². The van der Waals surface area contributed by atoms with Gasteiger partial charge in [0.05, 0.1) is 34.9 Å². The molecular formula is C21H25N5O. The minimum absolute atomic E-state index is 0.0313. The summed E-state index contributed by atoms with van der Waals surface area (Å²) in [5.74, 6) is 0.0313. The Kier molecular flexibility index (Phi) is 4.13. The molecule has 3 aromatic rings. The number of rotatable bonds is 2. The number of hydrogen-bond donors (Lipinski definition) is 0. The van der Waals surface area contributed by atoms with Gasteiger partial charge in [-0.05, 0) is 39.8 Å². The smallest absolute Gasteiger partial charge is 0.257 e. The zero-order valence-corrected chi connectivity index (χ0v) is 16.3. The summed E-state index contributed by atoms with van der Waals surface area (Å²) < 4.78 is 3.91. The highest BCUT2D eigenvalue weighted by atomic mass is 16.2. The molecule has 0 N–H and O–H groups in total. The van der Waals surface area contributed by atoms with Gasteiger partial charge in [0.1, 0.15) is 0 Å². The lowest BCUT2D eigenvalue weighted by atomic mass is 10.0. The van der Waals surface area contributed by atoms with Crippen LogP contribution in [-0.2, 0) is 18.5 Å². The number of carbonyl (C=O) groups is 1. The Balaban J connectivity index is 1.58.